The van der Waals surface area contributed by atoms with Crippen LogP contribution in [0.25, 0.3) is 0 Å². The zero-order chi connectivity index (χ0) is 60.3. The summed E-state index contributed by atoms with van der Waals surface area (Å²) in [6.45, 7) is 5.52. The second-order valence-corrected chi connectivity index (χ2v) is 21.7. The maximum absolute atomic E-state index is 13.4. The van der Waals surface area contributed by atoms with Crippen molar-refractivity contribution in [3.8, 4) is 0 Å². The van der Waals surface area contributed by atoms with Gasteiger partial charge in [0.25, 0.3) is 0 Å². The van der Waals surface area contributed by atoms with Gasteiger partial charge >= 0.3 is 5.97 Å². The number of rotatable bonds is 53. The minimum absolute atomic E-state index is 0.0868. The summed E-state index contributed by atoms with van der Waals surface area (Å²) in [5, 5.41) is 57.1. The first-order valence-corrected chi connectivity index (χ1v) is 32.6. The third-order valence-corrected chi connectivity index (χ3v) is 14.2. The minimum Gasteiger partial charge on any atom is -0.454 e. The number of hydrogen-bond acceptors (Lipinski definition) is 10. The quantitative estimate of drug-likeness (QED) is 0.0195. The van der Waals surface area contributed by atoms with E-state index in [0.717, 1.165) is 128 Å². The van der Waals surface area contributed by atoms with E-state index in [4.69, 9.17) is 14.2 Å². The fourth-order valence-electron chi connectivity index (χ4n) is 9.16. The molecule has 0 aromatic heterocycles. The zero-order valence-electron chi connectivity index (χ0n) is 52.0. The highest BCUT2D eigenvalue weighted by Gasteiger charge is 2.47. The van der Waals surface area contributed by atoms with Gasteiger partial charge in [0.2, 0.25) is 5.91 Å². The normalized spacial score (nSPS) is 19.5. The van der Waals surface area contributed by atoms with E-state index >= 15 is 0 Å². The van der Waals surface area contributed by atoms with E-state index in [2.05, 4.69) is 154 Å². The molecular weight excluding hydrogens is 1040 g/mol. The van der Waals surface area contributed by atoms with Crippen LogP contribution in [-0.4, -0.2) is 99.6 Å². The highest BCUT2D eigenvalue weighted by Crippen LogP contribution is 2.26. The van der Waals surface area contributed by atoms with Crippen molar-refractivity contribution in [3.05, 3.63) is 146 Å². The molecule has 1 heterocycles. The van der Waals surface area contributed by atoms with Crippen LogP contribution in [0.2, 0.25) is 0 Å². The fourth-order valence-corrected chi connectivity index (χ4v) is 9.16. The molecular formula is C72H117NO10. The van der Waals surface area contributed by atoms with Crippen LogP contribution >= 0.6 is 0 Å². The summed E-state index contributed by atoms with van der Waals surface area (Å²) in [6, 6.07) is -1.06. The SMILES string of the molecule is CC/C=C\C/C=C\C/C=C\C/C=C\C/C=C\C/C=C\CCCC(O)C(=O)NC(COC1OC(CO)C(O)C(O)C1OC(=O)CCCCCCC/C=C\C/C=C\C/C=C\C/C=C\C/C=C\CC)C(O)/C=C/CCCCCCCCCCCCC. The standard InChI is InChI=1S/C72H117NO10/c1-4-7-10-13-16-19-22-25-27-29-31-33-35-37-39-42-45-48-51-54-57-60-67(77)83-70-69(79)68(78)66(61-74)82-72(70)81-62-63(64(75)58-55-52-49-46-43-40-24-21-18-15-12-9-6-3)73-71(80)65(76)59-56-53-50-47-44-41-38-36-34-32-30-28-26-23-20-17-14-11-8-5-2/h7-8,10-11,16-17,19-20,25-28,31-34,37-39,41,47,50,55,58,63-66,68-70,72,74-76,78-79H,4-6,9,12-15,18,21-24,29-30,35-36,40,42-46,48-49,51-54,56-57,59-62H2,1-3H3,(H,73,80)/b10-7-,11-8-,19-16-,20-17-,27-25-,28-26-,33-31-,34-32-,39-37-,41-38-,50-47-,58-55+. The Morgan fingerprint density at radius 1 is 0.482 bits per heavy atom. The summed E-state index contributed by atoms with van der Waals surface area (Å²) in [6.07, 6.45) is 73.0. The lowest BCUT2D eigenvalue weighted by Crippen LogP contribution is -2.61. The number of carbonyl (C=O) groups excluding carboxylic acids is 2. The molecule has 0 radical (unpaired) electrons. The first kappa shape index (κ1) is 76.6. The summed E-state index contributed by atoms with van der Waals surface area (Å²) >= 11 is 0. The van der Waals surface area contributed by atoms with Crippen LogP contribution in [0.4, 0.5) is 0 Å². The molecule has 1 fully saturated rings. The molecule has 0 bridgehead atoms. The molecule has 470 valence electrons. The Balaban J connectivity index is 2.72. The van der Waals surface area contributed by atoms with Crippen LogP contribution in [0, 0.1) is 0 Å². The Kier molecular flexibility index (Phi) is 53.4. The van der Waals surface area contributed by atoms with Gasteiger partial charge < -0.3 is 45.1 Å². The van der Waals surface area contributed by atoms with Gasteiger partial charge in [0, 0.05) is 6.42 Å². The first-order valence-electron chi connectivity index (χ1n) is 32.6. The molecule has 0 aromatic rings. The summed E-state index contributed by atoms with van der Waals surface area (Å²) in [5.74, 6) is -1.27. The number of nitrogens with one attached hydrogen (secondary N) is 1. The Morgan fingerprint density at radius 2 is 0.867 bits per heavy atom. The van der Waals surface area contributed by atoms with E-state index < -0.39 is 67.4 Å². The number of aliphatic hydroxyl groups excluding tert-OH is 5. The maximum atomic E-state index is 13.4. The van der Waals surface area contributed by atoms with Gasteiger partial charge in [0.1, 0.15) is 24.4 Å². The predicted octanol–water partition coefficient (Wildman–Crippen LogP) is 16.2. The van der Waals surface area contributed by atoms with Gasteiger partial charge in [-0.3, -0.25) is 9.59 Å². The van der Waals surface area contributed by atoms with Crippen LogP contribution < -0.4 is 5.32 Å². The van der Waals surface area contributed by atoms with Crippen LogP contribution in [0.1, 0.15) is 233 Å². The van der Waals surface area contributed by atoms with Gasteiger partial charge in [0.05, 0.1) is 25.4 Å². The van der Waals surface area contributed by atoms with Gasteiger partial charge in [-0.25, -0.2) is 0 Å². The third kappa shape index (κ3) is 45.6. The maximum Gasteiger partial charge on any atom is 0.306 e. The summed E-state index contributed by atoms with van der Waals surface area (Å²) < 4.78 is 17.6. The monoisotopic (exact) mass is 1160 g/mol. The van der Waals surface area contributed by atoms with E-state index in [1.54, 1.807) is 6.08 Å². The minimum atomic E-state index is -1.64. The van der Waals surface area contributed by atoms with Crippen LogP contribution in [0.15, 0.2) is 146 Å². The average molecular weight is 1160 g/mol. The van der Waals surface area contributed by atoms with E-state index in [0.29, 0.717) is 19.3 Å². The molecule has 0 spiro atoms. The molecule has 11 heteroatoms. The molecule has 0 saturated carbocycles. The first-order chi connectivity index (χ1) is 40.7. The fraction of sp³-hybridized carbons (Fsp3) is 0.639. The summed E-state index contributed by atoms with van der Waals surface area (Å²) in [7, 11) is 0. The van der Waals surface area contributed by atoms with Crippen molar-refractivity contribution in [2.45, 2.75) is 282 Å². The molecule has 11 nitrogen and oxygen atoms in total. The van der Waals surface area contributed by atoms with Crippen molar-refractivity contribution in [2.75, 3.05) is 13.2 Å². The van der Waals surface area contributed by atoms with Crippen molar-refractivity contribution in [3.63, 3.8) is 0 Å². The summed E-state index contributed by atoms with van der Waals surface area (Å²) in [5.41, 5.74) is 0. The molecule has 1 aliphatic rings. The smallest absolute Gasteiger partial charge is 0.306 e. The van der Waals surface area contributed by atoms with Crippen molar-refractivity contribution < 1.29 is 49.3 Å². The largest absolute Gasteiger partial charge is 0.454 e. The molecule has 8 unspecified atom stereocenters. The van der Waals surface area contributed by atoms with Gasteiger partial charge in [0.15, 0.2) is 12.4 Å². The van der Waals surface area contributed by atoms with E-state index in [1.165, 1.54) is 51.4 Å². The van der Waals surface area contributed by atoms with Crippen molar-refractivity contribution in [1.82, 2.24) is 5.32 Å². The van der Waals surface area contributed by atoms with E-state index in [1.807, 2.05) is 12.2 Å². The lowest BCUT2D eigenvalue weighted by atomic mass is 9.99. The highest BCUT2D eigenvalue weighted by molar-refractivity contribution is 5.80. The number of ether oxygens (including phenoxy) is 3. The van der Waals surface area contributed by atoms with Gasteiger partial charge in [-0.15, -0.1) is 0 Å². The molecule has 6 N–H and O–H groups in total. The number of amides is 1. The van der Waals surface area contributed by atoms with Crippen molar-refractivity contribution in [1.29, 1.82) is 0 Å². The van der Waals surface area contributed by atoms with E-state index in [9.17, 15) is 35.1 Å². The third-order valence-electron chi connectivity index (χ3n) is 14.2. The second kappa shape index (κ2) is 57.9. The molecule has 0 aliphatic carbocycles. The molecule has 1 amide bonds. The Labute approximate surface area is 505 Å². The predicted molar refractivity (Wildman–Crippen MR) is 347 cm³/mol. The number of esters is 1. The van der Waals surface area contributed by atoms with Crippen molar-refractivity contribution >= 4 is 11.9 Å². The molecule has 0 aromatic carbocycles. The van der Waals surface area contributed by atoms with Crippen LogP contribution in [-0.2, 0) is 23.8 Å². The lowest BCUT2D eigenvalue weighted by Gasteiger charge is -2.41. The Hall–Kier alpha value is -4.46. The topological polar surface area (TPSA) is 175 Å². The number of unbranched alkanes of at least 4 members (excludes halogenated alkanes) is 17. The van der Waals surface area contributed by atoms with Gasteiger partial charge in [-0.05, 0) is 122 Å². The zero-order valence-corrected chi connectivity index (χ0v) is 52.0. The summed E-state index contributed by atoms with van der Waals surface area (Å²) in [4.78, 5) is 26.6. The molecule has 1 rings (SSSR count). The molecule has 83 heavy (non-hydrogen) atoms. The van der Waals surface area contributed by atoms with Gasteiger partial charge in [-0.1, -0.05) is 250 Å². The van der Waals surface area contributed by atoms with Crippen LogP contribution in [0.3, 0.4) is 0 Å². The average Bonchev–Trinajstić information content (AvgIpc) is 3.54. The van der Waals surface area contributed by atoms with Crippen molar-refractivity contribution in [2.24, 2.45) is 0 Å². The van der Waals surface area contributed by atoms with Gasteiger partial charge in [-0.2, -0.15) is 0 Å². The Morgan fingerprint density at radius 3 is 1.30 bits per heavy atom. The number of allylic oxidation sites excluding steroid dienone is 23. The number of aliphatic hydroxyl groups is 5. The lowest BCUT2D eigenvalue weighted by molar-refractivity contribution is -0.305. The number of hydrogen-bond donors (Lipinski definition) is 6. The molecule has 8 atom stereocenters. The number of carbonyl (C=O) groups is 2. The van der Waals surface area contributed by atoms with E-state index in [-0.39, 0.29) is 19.4 Å². The second-order valence-electron chi connectivity index (χ2n) is 21.7. The Bertz CT molecular complexity index is 1910. The highest BCUT2D eigenvalue weighted by atomic mass is 16.7. The van der Waals surface area contributed by atoms with Crippen LogP contribution in [0.5, 0.6) is 0 Å². The molecule has 1 aliphatic heterocycles. The molecule has 1 saturated heterocycles.